The third-order valence-electron chi connectivity index (χ3n) is 1.79. The molecule has 1 atom stereocenters. The van der Waals surface area contributed by atoms with Crippen LogP contribution in [0.1, 0.15) is 0 Å². The van der Waals surface area contributed by atoms with Crippen LogP contribution in [0.15, 0.2) is 12.7 Å². The Bertz CT molecular complexity index is 139. The largest absolute Gasteiger partial charge is 0.395 e. The number of alkyl halides is 1. The molecule has 0 bridgehead atoms. The summed E-state index contributed by atoms with van der Waals surface area (Å²) in [7, 11) is 0. The number of halogens is 1. The van der Waals surface area contributed by atoms with Gasteiger partial charge in [0.15, 0.2) is 0 Å². The molecule has 0 aliphatic carbocycles. The maximum Gasteiger partial charge on any atom is 0.143 e. The Morgan fingerprint density at radius 2 is 1.77 bits per heavy atom. The number of aliphatic hydroxyl groups is 3. The quantitative estimate of drug-likeness (QED) is 0.399. The zero-order valence-corrected chi connectivity index (χ0v) is 8.07. The molecule has 5 heteroatoms. The Balaban J connectivity index is 4.24. The van der Waals surface area contributed by atoms with Crippen molar-refractivity contribution in [2.45, 2.75) is 5.56 Å². The number of hydrogen-bond donors (Lipinski definition) is 3. The predicted octanol–water partition coefficient (Wildman–Crippen LogP) is -0.283. The van der Waals surface area contributed by atoms with Crippen LogP contribution in [0.4, 0.5) is 0 Å². The summed E-state index contributed by atoms with van der Waals surface area (Å²) in [5, 5.41) is 26.8. The molecule has 0 saturated carbocycles. The Labute approximate surface area is 82.4 Å². The molecule has 0 aromatic carbocycles. The van der Waals surface area contributed by atoms with Crippen molar-refractivity contribution in [1.29, 1.82) is 0 Å². The van der Waals surface area contributed by atoms with Crippen molar-refractivity contribution in [2.75, 3.05) is 26.4 Å². The van der Waals surface area contributed by atoms with Gasteiger partial charge in [-0.3, -0.25) is 0 Å². The second-order valence-electron chi connectivity index (χ2n) is 2.77. The van der Waals surface area contributed by atoms with E-state index in [9.17, 15) is 0 Å². The second kappa shape index (κ2) is 6.34. The highest BCUT2D eigenvalue weighted by Crippen LogP contribution is 2.26. The fourth-order valence-electron chi connectivity index (χ4n) is 0.695. The molecule has 0 saturated heterocycles. The van der Waals surface area contributed by atoms with E-state index < -0.39 is 30.8 Å². The third-order valence-corrected chi connectivity index (χ3v) is 2.38. The van der Waals surface area contributed by atoms with Crippen molar-refractivity contribution < 1.29 is 20.1 Å². The van der Waals surface area contributed by atoms with E-state index in [0.717, 1.165) is 0 Å². The molecule has 0 aromatic heterocycles. The Hall–Kier alpha value is -0.130. The van der Waals surface area contributed by atoms with Gasteiger partial charge in [0.05, 0.1) is 31.8 Å². The van der Waals surface area contributed by atoms with Crippen molar-refractivity contribution >= 4 is 11.6 Å². The fraction of sp³-hybridized carbons (Fsp3) is 0.750. The summed E-state index contributed by atoms with van der Waals surface area (Å²) in [6.45, 7) is 2.31. The van der Waals surface area contributed by atoms with Crippen LogP contribution in [-0.2, 0) is 4.74 Å². The monoisotopic (exact) mass is 210 g/mol. The molecule has 0 aromatic rings. The highest BCUT2D eigenvalue weighted by molar-refractivity contribution is 6.20. The lowest BCUT2D eigenvalue weighted by molar-refractivity contribution is -0.0721. The van der Waals surface area contributed by atoms with Crippen LogP contribution in [0, 0.1) is 5.41 Å². The van der Waals surface area contributed by atoms with Crippen LogP contribution < -0.4 is 0 Å². The van der Waals surface area contributed by atoms with E-state index in [1.54, 1.807) is 0 Å². The highest BCUT2D eigenvalue weighted by atomic mass is 35.5. The SMILES string of the molecule is C=CCOC(Cl)C(CO)(CO)CO. The summed E-state index contributed by atoms with van der Waals surface area (Å²) in [6, 6.07) is 0. The van der Waals surface area contributed by atoms with Crippen molar-refractivity contribution in [2.24, 2.45) is 5.41 Å². The van der Waals surface area contributed by atoms with E-state index in [0.29, 0.717) is 0 Å². The van der Waals surface area contributed by atoms with E-state index >= 15 is 0 Å². The molecule has 0 fully saturated rings. The van der Waals surface area contributed by atoms with Gasteiger partial charge in [-0.15, -0.1) is 6.58 Å². The van der Waals surface area contributed by atoms with Crippen molar-refractivity contribution in [1.82, 2.24) is 0 Å². The van der Waals surface area contributed by atoms with Crippen LogP contribution in [0.3, 0.4) is 0 Å². The van der Waals surface area contributed by atoms with Gasteiger partial charge in [-0.1, -0.05) is 17.7 Å². The summed E-state index contributed by atoms with van der Waals surface area (Å²) >= 11 is 5.73. The first kappa shape index (κ1) is 12.9. The minimum atomic E-state index is -1.20. The van der Waals surface area contributed by atoms with Crippen LogP contribution in [-0.4, -0.2) is 47.3 Å². The van der Waals surface area contributed by atoms with Crippen LogP contribution in [0.5, 0.6) is 0 Å². The first-order valence-electron chi connectivity index (χ1n) is 3.86. The van der Waals surface area contributed by atoms with Gasteiger partial charge in [-0.2, -0.15) is 0 Å². The molecule has 0 aliphatic heterocycles. The van der Waals surface area contributed by atoms with Gasteiger partial charge < -0.3 is 20.1 Å². The minimum Gasteiger partial charge on any atom is -0.395 e. The van der Waals surface area contributed by atoms with Gasteiger partial charge in [0.1, 0.15) is 5.56 Å². The first-order valence-corrected chi connectivity index (χ1v) is 4.29. The molecular formula is C8H15ClO4. The topological polar surface area (TPSA) is 69.9 Å². The summed E-state index contributed by atoms with van der Waals surface area (Å²) in [6.07, 6.45) is 1.49. The molecule has 3 N–H and O–H groups in total. The fourth-order valence-corrected chi connectivity index (χ4v) is 0.974. The van der Waals surface area contributed by atoms with Crippen molar-refractivity contribution in [3.05, 3.63) is 12.7 Å². The Kier molecular flexibility index (Phi) is 6.28. The average molecular weight is 211 g/mol. The zero-order chi connectivity index (χ0) is 10.3. The van der Waals surface area contributed by atoms with Crippen molar-refractivity contribution in [3.8, 4) is 0 Å². The third kappa shape index (κ3) is 3.25. The van der Waals surface area contributed by atoms with Gasteiger partial charge in [-0.25, -0.2) is 0 Å². The zero-order valence-electron chi connectivity index (χ0n) is 7.32. The summed E-state index contributed by atoms with van der Waals surface area (Å²) in [5.41, 5.74) is -2.14. The molecule has 0 heterocycles. The number of ether oxygens (including phenoxy) is 1. The van der Waals surface area contributed by atoms with Gasteiger partial charge in [0, 0.05) is 0 Å². The van der Waals surface area contributed by atoms with E-state index in [1.807, 2.05) is 0 Å². The molecular weight excluding hydrogens is 196 g/mol. The molecule has 4 nitrogen and oxygen atoms in total. The van der Waals surface area contributed by atoms with Gasteiger partial charge >= 0.3 is 0 Å². The van der Waals surface area contributed by atoms with Crippen LogP contribution >= 0.6 is 11.6 Å². The Morgan fingerprint density at radius 3 is 2.08 bits per heavy atom. The lowest BCUT2D eigenvalue weighted by Crippen LogP contribution is -2.43. The van der Waals surface area contributed by atoms with Crippen LogP contribution in [0.25, 0.3) is 0 Å². The van der Waals surface area contributed by atoms with Crippen LogP contribution in [0.2, 0.25) is 0 Å². The minimum absolute atomic E-state index is 0.204. The molecule has 78 valence electrons. The first-order chi connectivity index (χ1) is 6.16. The molecule has 0 aliphatic rings. The second-order valence-corrected chi connectivity index (χ2v) is 3.17. The van der Waals surface area contributed by atoms with E-state index in [1.165, 1.54) is 6.08 Å². The summed E-state index contributed by atoms with van der Waals surface area (Å²) in [4.78, 5) is 0. The smallest absolute Gasteiger partial charge is 0.143 e. The highest BCUT2D eigenvalue weighted by Gasteiger charge is 2.37. The van der Waals surface area contributed by atoms with E-state index in [2.05, 4.69) is 6.58 Å². The maximum absolute atomic E-state index is 8.94. The van der Waals surface area contributed by atoms with E-state index in [4.69, 9.17) is 31.7 Å². The molecule has 13 heavy (non-hydrogen) atoms. The predicted molar refractivity (Wildman–Crippen MR) is 49.5 cm³/mol. The standard InChI is InChI=1S/C8H15ClO4/c1-2-3-13-7(9)8(4-10,5-11)6-12/h2,7,10-12H,1,3-6H2. The molecule has 0 rings (SSSR count). The van der Waals surface area contributed by atoms with Crippen molar-refractivity contribution in [3.63, 3.8) is 0 Å². The number of aliphatic hydroxyl groups excluding tert-OH is 3. The lowest BCUT2D eigenvalue weighted by atomic mass is 9.92. The van der Waals surface area contributed by atoms with Gasteiger partial charge in [0.25, 0.3) is 0 Å². The summed E-state index contributed by atoms with van der Waals surface area (Å²) < 4.78 is 5.00. The average Bonchev–Trinajstić information content (AvgIpc) is 2.18. The molecule has 0 radical (unpaired) electrons. The maximum atomic E-state index is 8.94. The number of hydrogen-bond acceptors (Lipinski definition) is 4. The lowest BCUT2D eigenvalue weighted by Gasteiger charge is -2.31. The van der Waals surface area contributed by atoms with E-state index in [-0.39, 0.29) is 6.61 Å². The summed E-state index contributed by atoms with van der Waals surface area (Å²) in [5.74, 6) is 0. The Morgan fingerprint density at radius 1 is 1.31 bits per heavy atom. The molecule has 0 spiro atoms. The molecule has 1 unspecified atom stereocenters. The normalized spacial score (nSPS) is 14.2. The van der Waals surface area contributed by atoms with Gasteiger partial charge in [0.2, 0.25) is 0 Å². The molecule has 0 amide bonds. The van der Waals surface area contributed by atoms with Gasteiger partial charge in [-0.05, 0) is 0 Å². The number of rotatable bonds is 7.